The van der Waals surface area contributed by atoms with E-state index < -0.39 is 0 Å². The van der Waals surface area contributed by atoms with E-state index in [1.807, 2.05) is 25.1 Å². The second kappa shape index (κ2) is 9.91. The zero-order valence-electron chi connectivity index (χ0n) is 15.4. The van der Waals surface area contributed by atoms with Gasteiger partial charge >= 0.3 is 5.97 Å². The Morgan fingerprint density at radius 2 is 1.79 bits per heavy atom. The molecule has 4 nitrogen and oxygen atoms in total. The Kier molecular flexibility index (Phi) is 8.24. The van der Waals surface area contributed by atoms with E-state index in [4.69, 9.17) is 4.74 Å². The van der Waals surface area contributed by atoms with E-state index in [-0.39, 0.29) is 17.8 Å². The Labute approximate surface area is 145 Å². The van der Waals surface area contributed by atoms with E-state index in [0.717, 1.165) is 12.0 Å². The summed E-state index contributed by atoms with van der Waals surface area (Å²) in [6, 6.07) is 8.19. The van der Waals surface area contributed by atoms with E-state index >= 15 is 0 Å². The zero-order valence-corrected chi connectivity index (χ0v) is 15.4. The number of benzene rings is 1. The molecule has 0 aliphatic heterocycles. The van der Waals surface area contributed by atoms with Gasteiger partial charge in [-0.2, -0.15) is 0 Å². The minimum Gasteiger partial charge on any atom is -0.469 e. The maximum Gasteiger partial charge on any atom is 0.310 e. The maximum absolute atomic E-state index is 12.4. The SMILES string of the molecule is CCCN(CC(C)C(=O)OC)C(=O)/C=C/c1ccc(C(C)C)cc1. The number of carbonyl (C=O) groups excluding carboxylic acids is 2. The molecule has 0 spiro atoms. The fourth-order valence-corrected chi connectivity index (χ4v) is 2.43. The first-order valence-corrected chi connectivity index (χ1v) is 8.53. The van der Waals surface area contributed by atoms with Crippen LogP contribution in [0, 0.1) is 5.92 Å². The van der Waals surface area contributed by atoms with Gasteiger partial charge in [-0.1, -0.05) is 52.0 Å². The molecule has 1 rings (SSSR count). The van der Waals surface area contributed by atoms with Crippen LogP contribution in [0.5, 0.6) is 0 Å². The first kappa shape index (κ1) is 19.9. The van der Waals surface area contributed by atoms with Crippen molar-refractivity contribution >= 4 is 18.0 Å². The van der Waals surface area contributed by atoms with Crippen LogP contribution in [0.25, 0.3) is 6.08 Å². The van der Waals surface area contributed by atoms with Crippen molar-refractivity contribution in [1.29, 1.82) is 0 Å². The molecule has 0 N–H and O–H groups in total. The molecule has 0 aliphatic carbocycles. The van der Waals surface area contributed by atoms with E-state index in [1.54, 1.807) is 17.9 Å². The van der Waals surface area contributed by atoms with E-state index in [1.165, 1.54) is 12.7 Å². The number of amides is 1. The predicted octanol–water partition coefficient (Wildman–Crippen LogP) is 3.87. The second-order valence-electron chi connectivity index (χ2n) is 6.36. The number of carbonyl (C=O) groups is 2. The molecule has 0 bridgehead atoms. The lowest BCUT2D eigenvalue weighted by Gasteiger charge is -2.23. The molecule has 0 aliphatic rings. The topological polar surface area (TPSA) is 46.6 Å². The molecule has 24 heavy (non-hydrogen) atoms. The average Bonchev–Trinajstić information content (AvgIpc) is 2.58. The zero-order chi connectivity index (χ0) is 18.1. The first-order chi connectivity index (χ1) is 11.4. The minimum atomic E-state index is -0.329. The molecule has 0 radical (unpaired) electrons. The lowest BCUT2D eigenvalue weighted by molar-refractivity contribution is -0.146. The van der Waals surface area contributed by atoms with Crippen molar-refractivity contribution in [3.05, 3.63) is 41.5 Å². The molecule has 0 aromatic heterocycles. The van der Waals surface area contributed by atoms with Gasteiger partial charge in [0.1, 0.15) is 0 Å². The Bertz CT molecular complexity index is 561. The summed E-state index contributed by atoms with van der Waals surface area (Å²) in [4.78, 5) is 25.7. The Morgan fingerprint density at radius 3 is 2.29 bits per heavy atom. The van der Waals surface area contributed by atoms with Gasteiger partial charge in [0.2, 0.25) is 5.91 Å². The van der Waals surface area contributed by atoms with Gasteiger partial charge in [-0.05, 0) is 29.5 Å². The summed E-state index contributed by atoms with van der Waals surface area (Å²) in [5.41, 5.74) is 2.27. The number of methoxy groups -OCH3 is 1. The van der Waals surface area contributed by atoms with Gasteiger partial charge in [-0.15, -0.1) is 0 Å². The highest BCUT2D eigenvalue weighted by Crippen LogP contribution is 2.15. The number of hydrogen-bond acceptors (Lipinski definition) is 3. The summed E-state index contributed by atoms with van der Waals surface area (Å²) in [6.07, 6.45) is 4.23. The Hall–Kier alpha value is -2.10. The number of esters is 1. The van der Waals surface area contributed by atoms with Crippen LogP contribution in [0.3, 0.4) is 0 Å². The fourth-order valence-electron chi connectivity index (χ4n) is 2.43. The molecule has 4 heteroatoms. The van der Waals surface area contributed by atoms with Crippen LogP contribution < -0.4 is 0 Å². The molecule has 0 saturated heterocycles. The van der Waals surface area contributed by atoms with Crippen LogP contribution in [0.1, 0.15) is 51.2 Å². The van der Waals surface area contributed by atoms with Crippen molar-refractivity contribution in [1.82, 2.24) is 4.90 Å². The third kappa shape index (κ3) is 6.19. The molecule has 0 heterocycles. The van der Waals surface area contributed by atoms with Gasteiger partial charge in [0.05, 0.1) is 13.0 Å². The molecule has 1 aromatic rings. The highest BCUT2D eigenvalue weighted by atomic mass is 16.5. The monoisotopic (exact) mass is 331 g/mol. The van der Waals surface area contributed by atoms with Crippen molar-refractivity contribution < 1.29 is 14.3 Å². The molecule has 1 unspecified atom stereocenters. The summed E-state index contributed by atoms with van der Waals surface area (Å²) in [6.45, 7) is 9.08. The van der Waals surface area contributed by atoms with E-state index in [9.17, 15) is 9.59 Å². The molecule has 0 saturated carbocycles. The molecule has 1 atom stereocenters. The third-order valence-corrected chi connectivity index (χ3v) is 3.92. The summed E-state index contributed by atoms with van der Waals surface area (Å²) < 4.78 is 4.74. The normalized spacial score (nSPS) is 12.4. The van der Waals surface area contributed by atoms with Crippen LogP contribution in [0.4, 0.5) is 0 Å². The minimum absolute atomic E-state index is 0.0828. The van der Waals surface area contributed by atoms with Crippen molar-refractivity contribution in [3.8, 4) is 0 Å². The standard InChI is InChI=1S/C20H29NO3/c1-6-13-21(14-16(4)20(23)24-5)19(22)12-9-17-7-10-18(11-8-17)15(2)3/h7-12,15-16H,6,13-14H2,1-5H3/b12-9+. The molecule has 0 fully saturated rings. The Morgan fingerprint density at radius 1 is 1.17 bits per heavy atom. The summed E-state index contributed by atoms with van der Waals surface area (Å²) in [7, 11) is 1.37. The molecule has 1 amide bonds. The molecular weight excluding hydrogens is 302 g/mol. The second-order valence-corrected chi connectivity index (χ2v) is 6.36. The van der Waals surface area contributed by atoms with Crippen LogP contribution >= 0.6 is 0 Å². The summed E-state index contributed by atoms with van der Waals surface area (Å²) in [5.74, 6) is -0.216. The lowest BCUT2D eigenvalue weighted by atomic mass is 10.0. The highest BCUT2D eigenvalue weighted by Gasteiger charge is 2.19. The summed E-state index contributed by atoms with van der Waals surface area (Å²) in [5, 5.41) is 0. The quantitative estimate of drug-likeness (QED) is 0.536. The molecule has 1 aromatic carbocycles. The van der Waals surface area contributed by atoms with Crippen molar-refractivity contribution in [3.63, 3.8) is 0 Å². The van der Waals surface area contributed by atoms with Crippen molar-refractivity contribution in [2.45, 2.75) is 40.0 Å². The summed E-state index contributed by atoms with van der Waals surface area (Å²) >= 11 is 0. The number of hydrogen-bond donors (Lipinski definition) is 0. The number of rotatable bonds is 8. The Balaban J connectivity index is 2.74. The van der Waals surface area contributed by atoms with Crippen LogP contribution in [0.2, 0.25) is 0 Å². The largest absolute Gasteiger partial charge is 0.469 e. The third-order valence-electron chi connectivity index (χ3n) is 3.92. The van der Waals surface area contributed by atoms with Crippen LogP contribution in [-0.2, 0) is 14.3 Å². The van der Waals surface area contributed by atoms with E-state index in [2.05, 4.69) is 26.0 Å². The molecular formula is C20H29NO3. The van der Waals surface area contributed by atoms with Crippen LogP contribution in [-0.4, -0.2) is 37.0 Å². The van der Waals surface area contributed by atoms with Crippen molar-refractivity contribution in [2.24, 2.45) is 5.92 Å². The van der Waals surface area contributed by atoms with Gasteiger partial charge < -0.3 is 9.64 Å². The van der Waals surface area contributed by atoms with Gasteiger partial charge in [0.25, 0.3) is 0 Å². The maximum atomic E-state index is 12.4. The van der Waals surface area contributed by atoms with Gasteiger partial charge in [0.15, 0.2) is 0 Å². The van der Waals surface area contributed by atoms with Gasteiger partial charge in [0, 0.05) is 19.2 Å². The fraction of sp³-hybridized carbons (Fsp3) is 0.500. The van der Waals surface area contributed by atoms with Gasteiger partial charge in [-0.25, -0.2) is 0 Å². The number of ether oxygens (including phenoxy) is 1. The highest BCUT2D eigenvalue weighted by molar-refractivity contribution is 5.92. The van der Waals surface area contributed by atoms with Crippen LogP contribution in [0.15, 0.2) is 30.3 Å². The predicted molar refractivity (Wildman–Crippen MR) is 97.6 cm³/mol. The average molecular weight is 331 g/mol. The number of nitrogens with zero attached hydrogens (tertiary/aromatic N) is 1. The van der Waals surface area contributed by atoms with Gasteiger partial charge in [-0.3, -0.25) is 9.59 Å². The lowest BCUT2D eigenvalue weighted by Crippen LogP contribution is -2.36. The first-order valence-electron chi connectivity index (χ1n) is 8.53. The smallest absolute Gasteiger partial charge is 0.310 e. The molecule has 132 valence electrons. The van der Waals surface area contributed by atoms with Crippen molar-refractivity contribution in [2.75, 3.05) is 20.2 Å². The van der Waals surface area contributed by atoms with E-state index in [0.29, 0.717) is 19.0 Å².